The maximum atomic E-state index is 4.13. The Morgan fingerprint density at radius 2 is 2.31 bits per heavy atom. The van der Waals surface area contributed by atoms with Gasteiger partial charge in [-0.3, -0.25) is 4.98 Å². The average molecular weight is 219 g/mol. The lowest BCUT2D eigenvalue weighted by Crippen LogP contribution is -2.31. The molecule has 0 unspecified atom stereocenters. The molecule has 1 aromatic rings. The van der Waals surface area contributed by atoms with Gasteiger partial charge in [-0.2, -0.15) is 0 Å². The van der Waals surface area contributed by atoms with Gasteiger partial charge in [0.15, 0.2) is 0 Å². The van der Waals surface area contributed by atoms with Crippen LogP contribution >= 0.6 is 0 Å². The van der Waals surface area contributed by atoms with Gasteiger partial charge in [0.2, 0.25) is 0 Å². The lowest BCUT2D eigenvalue weighted by Gasteiger charge is -2.16. The smallest absolute Gasteiger partial charge is 0.0300 e. The van der Waals surface area contributed by atoms with Crippen molar-refractivity contribution in [2.75, 3.05) is 26.7 Å². The van der Waals surface area contributed by atoms with E-state index in [2.05, 4.69) is 28.3 Å². The summed E-state index contributed by atoms with van der Waals surface area (Å²) in [6.07, 6.45) is 7.62. The Bertz CT molecular complexity index is 295. The minimum atomic E-state index is 0.826. The monoisotopic (exact) mass is 219 g/mol. The number of pyridine rings is 1. The molecular formula is C13H21N3. The Morgan fingerprint density at radius 1 is 1.44 bits per heavy atom. The van der Waals surface area contributed by atoms with Crippen LogP contribution in [0, 0.1) is 0 Å². The van der Waals surface area contributed by atoms with Crippen molar-refractivity contribution in [3.8, 4) is 0 Å². The van der Waals surface area contributed by atoms with E-state index in [1.807, 2.05) is 18.5 Å². The van der Waals surface area contributed by atoms with Gasteiger partial charge in [0, 0.05) is 38.1 Å². The zero-order valence-electron chi connectivity index (χ0n) is 10.0. The first-order chi connectivity index (χ1) is 7.84. The van der Waals surface area contributed by atoms with Crippen molar-refractivity contribution in [2.45, 2.75) is 25.3 Å². The van der Waals surface area contributed by atoms with E-state index in [4.69, 9.17) is 0 Å². The molecule has 1 aliphatic rings. The third-order valence-electron chi connectivity index (χ3n) is 3.01. The number of nitrogens with zero attached hydrogens (tertiary/aromatic N) is 2. The summed E-state index contributed by atoms with van der Waals surface area (Å²) in [5, 5.41) is 3.53. The highest BCUT2D eigenvalue weighted by atomic mass is 15.1. The third kappa shape index (κ3) is 4.29. The molecule has 3 heteroatoms. The van der Waals surface area contributed by atoms with Crippen LogP contribution in [0.1, 0.15) is 18.4 Å². The van der Waals surface area contributed by atoms with E-state index in [1.165, 1.54) is 18.4 Å². The molecule has 0 radical (unpaired) electrons. The minimum absolute atomic E-state index is 0.826. The van der Waals surface area contributed by atoms with Gasteiger partial charge in [-0.25, -0.2) is 0 Å². The van der Waals surface area contributed by atoms with Gasteiger partial charge in [-0.1, -0.05) is 6.07 Å². The van der Waals surface area contributed by atoms with Gasteiger partial charge in [0.1, 0.15) is 0 Å². The number of hydrogen-bond acceptors (Lipinski definition) is 3. The molecule has 1 fully saturated rings. The highest BCUT2D eigenvalue weighted by Crippen LogP contribution is 2.17. The normalized spacial score (nSPS) is 15.6. The van der Waals surface area contributed by atoms with Crippen LogP contribution in [0.5, 0.6) is 0 Å². The van der Waals surface area contributed by atoms with Crippen LogP contribution in [0.4, 0.5) is 0 Å². The Hall–Kier alpha value is -0.930. The van der Waals surface area contributed by atoms with E-state index in [0.29, 0.717) is 0 Å². The zero-order valence-corrected chi connectivity index (χ0v) is 10.0. The predicted octanol–water partition coefficient (Wildman–Crippen LogP) is 1.31. The highest BCUT2D eigenvalue weighted by Gasteiger charge is 2.19. The van der Waals surface area contributed by atoms with Crippen molar-refractivity contribution in [1.82, 2.24) is 15.2 Å². The van der Waals surface area contributed by atoms with Gasteiger partial charge in [0.05, 0.1) is 0 Å². The molecule has 0 amide bonds. The number of likely N-dealkylation sites (N-methyl/N-ethyl adjacent to an activating group) is 1. The van der Waals surface area contributed by atoms with Crippen molar-refractivity contribution in [3.63, 3.8) is 0 Å². The fourth-order valence-electron chi connectivity index (χ4n) is 1.72. The first-order valence-corrected chi connectivity index (χ1v) is 6.15. The van der Waals surface area contributed by atoms with Crippen molar-refractivity contribution < 1.29 is 0 Å². The third-order valence-corrected chi connectivity index (χ3v) is 3.01. The van der Waals surface area contributed by atoms with E-state index in [0.717, 1.165) is 32.1 Å². The summed E-state index contributed by atoms with van der Waals surface area (Å²) in [6, 6.07) is 4.97. The molecular weight excluding hydrogens is 198 g/mol. The van der Waals surface area contributed by atoms with Gasteiger partial charge >= 0.3 is 0 Å². The topological polar surface area (TPSA) is 28.2 Å². The predicted molar refractivity (Wildman–Crippen MR) is 66.5 cm³/mol. The van der Waals surface area contributed by atoms with E-state index in [9.17, 15) is 0 Å². The fourth-order valence-corrected chi connectivity index (χ4v) is 1.72. The Labute approximate surface area is 97.9 Å². The molecule has 0 atom stereocenters. The zero-order chi connectivity index (χ0) is 11.2. The van der Waals surface area contributed by atoms with E-state index in [1.54, 1.807) is 0 Å². The molecule has 0 bridgehead atoms. The standard InChI is InChI=1S/C13H21N3/c1-16(10-8-15-13-4-5-13)9-6-12-3-2-7-14-11-12/h2-3,7,11,13,15H,4-6,8-10H2,1H3. The van der Waals surface area contributed by atoms with Crippen LogP contribution in [0.3, 0.4) is 0 Å². The van der Waals surface area contributed by atoms with Crippen LogP contribution in [0.2, 0.25) is 0 Å². The number of aromatic nitrogens is 1. The van der Waals surface area contributed by atoms with Gasteiger partial charge in [-0.05, 0) is 37.9 Å². The van der Waals surface area contributed by atoms with Crippen LogP contribution in [0.25, 0.3) is 0 Å². The molecule has 1 aromatic heterocycles. The first kappa shape index (κ1) is 11.6. The Balaban J connectivity index is 1.57. The number of nitrogens with one attached hydrogen (secondary N) is 1. The molecule has 0 aromatic carbocycles. The second kappa shape index (κ2) is 5.97. The van der Waals surface area contributed by atoms with E-state index < -0.39 is 0 Å². The van der Waals surface area contributed by atoms with Crippen LogP contribution in [-0.2, 0) is 6.42 Å². The molecule has 2 rings (SSSR count). The quantitative estimate of drug-likeness (QED) is 0.749. The van der Waals surface area contributed by atoms with Gasteiger partial charge in [0.25, 0.3) is 0 Å². The Morgan fingerprint density at radius 3 is 3.00 bits per heavy atom. The molecule has 16 heavy (non-hydrogen) atoms. The van der Waals surface area contributed by atoms with Crippen molar-refractivity contribution in [2.24, 2.45) is 0 Å². The average Bonchev–Trinajstić information content (AvgIpc) is 3.12. The molecule has 1 heterocycles. The number of hydrogen-bond donors (Lipinski definition) is 1. The Kier molecular flexibility index (Phi) is 4.31. The lowest BCUT2D eigenvalue weighted by molar-refractivity contribution is 0.335. The van der Waals surface area contributed by atoms with Crippen molar-refractivity contribution in [3.05, 3.63) is 30.1 Å². The van der Waals surface area contributed by atoms with Crippen molar-refractivity contribution >= 4 is 0 Å². The number of rotatable bonds is 7. The summed E-state index contributed by atoms with van der Waals surface area (Å²) in [5.74, 6) is 0. The fraction of sp³-hybridized carbons (Fsp3) is 0.615. The second-order valence-electron chi connectivity index (χ2n) is 4.64. The van der Waals surface area contributed by atoms with E-state index in [-0.39, 0.29) is 0 Å². The summed E-state index contributed by atoms with van der Waals surface area (Å²) < 4.78 is 0. The van der Waals surface area contributed by atoms with E-state index >= 15 is 0 Å². The maximum Gasteiger partial charge on any atom is 0.0300 e. The molecule has 1 saturated carbocycles. The summed E-state index contributed by atoms with van der Waals surface area (Å²) in [6.45, 7) is 3.36. The largest absolute Gasteiger partial charge is 0.313 e. The van der Waals surface area contributed by atoms with Crippen molar-refractivity contribution in [1.29, 1.82) is 0 Å². The molecule has 3 nitrogen and oxygen atoms in total. The summed E-state index contributed by atoms with van der Waals surface area (Å²) >= 11 is 0. The lowest BCUT2D eigenvalue weighted by atomic mass is 10.2. The van der Waals surface area contributed by atoms with Gasteiger partial charge < -0.3 is 10.2 Å². The molecule has 0 saturated heterocycles. The summed E-state index contributed by atoms with van der Waals surface area (Å²) in [4.78, 5) is 6.50. The minimum Gasteiger partial charge on any atom is -0.313 e. The van der Waals surface area contributed by atoms with Crippen LogP contribution < -0.4 is 5.32 Å². The summed E-state index contributed by atoms with van der Waals surface area (Å²) in [7, 11) is 2.19. The molecule has 88 valence electrons. The van der Waals surface area contributed by atoms with Gasteiger partial charge in [-0.15, -0.1) is 0 Å². The molecule has 1 aliphatic carbocycles. The second-order valence-corrected chi connectivity index (χ2v) is 4.64. The van der Waals surface area contributed by atoms with Crippen LogP contribution in [-0.4, -0.2) is 42.6 Å². The summed E-state index contributed by atoms with van der Waals surface area (Å²) in [5.41, 5.74) is 1.32. The molecule has 0 spiro atoms. The maximum absolute atomic E-state index is 4.13. The first-order valence-electron chi connectivity index (χ1n) is 6.15. The van der Waals surface area contributed by atoms with Crippen LogP contribution in [0.15, 0.2) is 24.5 Å². The molecule has 1 N–H and O–H groups in total. The molecule has 0 aliphatic heterocycles. The SMILES string of the molecule is CN(CCNC1CC1)CCc1cccnc1. The highest BCUT2D eigenvalue weighted by molar-refractivity contribution is 5.08.